The smallest absolute Gasteiger partial charge is 0.434 e. The van der Waals surface area contributed by atoms with Crippen LogP contribution < -0.4 is 0 Å². The van der Waals surface area contributed by atoms with Gasteiger partial charge >= 0.3 is 12.1 Å². The molecule has 0 N–H and O–H groups in total. The summed E-state index contributed by atoms with van der Waals surface area (Å²) in [5.74, 6) is -0.943. The molecule has 0 spiro atoms. The molecule has 1 aromatic carbocycles. The summed E-state index contributed by atoms with van der Waals surface area (Å²) in [6.45, 7) is 2.33. The molecule has 0 fully saturated rings. The summed E-state index contributed by atoms with van der Waals surface area (Å²) in [5, 5.41) is 0.243. The maximum atomic E-state index is 13.0. The van der Waals surface area contributed by atoms with Crippen LogP contribution >= 0.6 is 11.3 Å². The maximum absolute atomic E-state index is 13.0. The highest BCUT2D eigenvalue weighted by Gasteiger charge is 2.37. The van der Waals surface area contributed by atoms with Gasteiger partial charge in [-0.05, 0) is 24.1 Å². The number of esters is 1. The van der Waals surface area contributed by atoms with Gasteiger partial charge in [-0.25, -0.2) is 4.98 Å². The molecule has 9 heteroatoms. The van der Waals surface area contributed by atoms with Crippen LogP contribution in [0.4, 0.5) is 13.2 Å². The van der Waals surface area contributed by atoms with E-state index in [9.17, 15) is 22.8 Å². The molecular weight excluding hydrogens is 393 g/mol. The van der Waals surface area contributed by atoms with Crippen molar-refractivity contribution >= 4 is 29.3 Å². The van der Waals surface area contributed by atoms with E-state index >= 15 is 0 Å². The third-order valence-electron chi connectivity index (χ3n) is 4.27. The first-order chi connectivity index (χ1) is 13.2. The molecule has 1 atom stereocenters. The van der Waals surface area contributed by atoms with Crippen molar-refractivity contribution in [1.29, 1.82) is 0 Å². The number of alkyl halides is 3. The lowest BCUT2D eigenvalue weighted by Gasteiger charge is -2.32. The lowest BCUT2D eigenvalue weighted by molar-refractivity contribution is -0.150. The average molecular weight is 410 g/mol. The van der Waals surface area contributed by atoms with E-state index in [0.717, 1.165) is 22.5 Å². The Hall–Kier alpha value is -2.68. The maximum Gasteiger partial charge on any atom is 0.434 e. The third-order valence-corrected chi connectivity index (χ3v) is 5.21. The summed E-state index contributed by atoms with van der Waals surface area (Å²) in [6, 6.07) is 6.73. The van der Waals surface area contributed by atoms with Crippen molar-refractivity contribution in [3.63, 3.8) is 0 Å². The summed E-state index contributed by atoms with van der Waals surface area (Å²) in [7, 11) is 0. The summed E-state index contributed by atoms with van der Waals surface area (Å²) in [5.41, 5.74) is 0.621. The minimum atomic E-state index is -4.61. The molecule has 148 valence electrons. The standard InChI is InChI=1S/C19H17F3N2O3S/c1-11-23-18(19(20,21)22)16(28-11)10-27-17(26)9-15-14-6-4-3-5-13(14)7-8-24(15)12(2)25/h3-8,15H,9-10H2,1-2H3. The van der Waals surface area contributed by atoms with Crippen molar-refractivity contribution in [2.45, 2.75) is 39.1 Å². The molecule has 2 heterocycles. The number of halogens is 3. The van der Waals surface area contributed by atoms with Gasteiger partial charge in [-0.3, -0.25) is 9.59 Å². The van der Waals surface area contributed by atoms with Crippen molar-refractivity contribution in [3.8, 4) is 0 Å². The number of fused-ring (bicyclic) bond motifs is 1. The Kier molecular flexibility index (Phi) is 5.55. The molecule has 5 nitrogen and oxygen atoms in total. The van der Waals surface area contributed by atoms with Gasteiger partial charge in [0.25, 0.3) is 0 Å². The van der Waals surface area contributed by atoms with Crippen LogP contribution in [0.2, 0.25) is 0 Å². The quantitative estimate of drug-likeness (QED) is 0.698. The Morgan fingerprint density at radius 3 is 2.68 bits per heavy atom. The number of nitrogens with zero attached hydrogens (tertiary/aromatic N) is 2. The number of thiazole rings is 1. The minimum absolute atomic E-state index is 0.147. The van der Waals surface area contributed by atoms with E-state index in [-0.39, 0.29) is 22.2 Å². The van der Waals surface area contributed by atoms with Crippen molar-refractivity contribution in [3.05, 3.63) is 57.2 Å². The highest BCUT2D eigenvalue weighted by molar-refractivity contribution is 7.11. The van der Waals surface area contributed by atoms with Gasteiger partial charge in [-0.15, -0.1) is 11.3 Å². The summed E-state index contributed by atoms with van der Waals surface area (Å²) in [4.78, 5) is 29.0. The van der Waals surface area contributed by atoms with Crippen molar-refractivity contribution < 1.29 is 27.5 Å². The van der Waals surface area contributed by atoms with E-state index in [1.165, 1.54) is 18.7 Å². The minimum Gasteiger partial charge on any atom is -0.460 e. The number of carbonyl (C=O) groups is 2. The summed E-state index contributed by atoms with van der Waals surface area (Å²) >= 11 is 0.839. The zero-order valence-corrected chi connectivity index (χ0v) is 15.9. The predicted molar refractivity (Wildman–Crippen MR) is 97.0 cm³/mol. The molecular formula is C19H17F3N2O3S. The largest absolute Gasteiger partial charge is 0.460 e. The number of aromatic nitrogens is 1. The normalized spacial score (nSPS) is 16.0. The van der Waals surface area contributed by atoms with Crippen LogP contribution in [0.5, 0.6) is 0 Å². The van der Waals surface area contributed by atoms with Gasteiger partial charge in [-0.1, -0.05) is 24.3 Å². The first-order valence-corrected chi connectivity index (χ1v) is 9.23. The highest BCUT2D eigenvalue weighted by atomic mass is 32.1. The van der Waals surface area contributed by atoms with E-state index in [1.54, 1.807) is 24.4 Å². The second-order valence-corrected chi connectivity index (χ2v) is 7.54. The van der Waals surface area contributed by atoms with Crippen LogP contribution in [0.3, 0.4) is 0 Å². The first-order valence-electron chi connectivity index (χ1n) is 8.42. The average Bonchev–Trinajstić information content (AvgIpc) is 3.01. The lowest BCUT2D eigenvalue weighted by Crippen LogP contribution is -2.32. The Morgan fingerprint density at radius 1 is 1.29 bits per heavy atom. The zero-order chi connectivity index (χ0) is 20.5. The van der Waals surface area contributed by atoms with Gasteiger partial charge in [0, 0.05) is 13.1 Å². The molecule has 0 aliphatic carbocycles. The first kappa shape index (κ1) is 20.1. The molecule has 1 amide bonds. The molecule has 28 heavy (non-hydrogen) atoms. The van der Waals surface area contributed by atoms with E-state index < -0.39 is 30.5 Å². The van der Waals surface area contributed by atoms with Crippen LogP contribution in [0.25, 0.3) is 6.08 Å². The predicted octanol–water partition coefficient (Wildman–Crippen LogP) is 4.48. The second kappa shape index (κ2) is 7.75. The van der Waals surface area contributed by atoms with Crippen LogP contribution in [0.15, 0.2) is 30.5 Å². The number of benzene rings is 1. The van der Waals surface area contributed by atoms with Crippen molar-refractivity contribution in [2.24, 2.45) is 0 Å². The molecule has 2 aromatic rings. The fourth-order valence-corrected chi connectivity index (χ4v) is 3.93. The number of hydrogen-bond donors (Lipinski definition) is 0. The van der Waals surface area contributed by atoms with Gasteiger partial charge in [0.15, 0.2) is 5.69 Å². The van der Waals surface area contributed by atoms with E-state index in [2.05, 4.69) is 4.98 Å². The fourth-order valence-electron chi connectivity index (χ4n) is 3.06. The number of amides is 1. The van der Waals surface area contributed by atoms with E-state index in [4.69, 9.17) is 4.74 Å². The van der Waals surface area contributed by atoms with Crippen LogP contribution in [-0.2, 0) is 27.1 Å². The lowest BCUT2D eigenvalue weighted by atomic mass is 9.94. The molecule has 0 saturated carbocycles. The number of carbonyl (C=O) groups excluding carboxylic acids is 2. The molecule has 1 unspecified atom stereocenters. The summed E-state index contributed by atoms with van der Waals surface area (Å²) in [6.07, 6.45) is -1.41. The van der Waals surface area contributed by atoms with Crippen LogP contribution in [0, 0.1) is 6.92 Å². The number of rotatable bonds is 4. The van der Waals surface area contributed by atoms with Crippen molar-refractivity contribution in [2.75, 3.05) is 0 Å². The number of ether oxygens (including phenoxy) is 1. The molecule has 0 bridgehead atoms. The monoisotopic (exact) mass is 410 g/mol. The number of aryl methyl sites for hydroxylation is 1. The Morgan fingerprint density at radius 2 is 2.00 bits per heavy atom. The number of hydrogen-bond acceptors (Lipinski definition) is 5. The van der Waals surface area contributed by atoms with Gasteiger partial charge < -0.3 is 9.64 Å². The van der Waals surface area contributed by atoms with Gasteiger partial charge in [0.2, 0.25) is 5.91 Å². The Balaban J connectivity index is 1.74. The highest BCUT2D eigenvalue weighted by Crippen LogP contribution is 2.36. The molecule has 3 rings (SSSR count). The topological polar surface area (TPSA) is 59.5 Å². The molecule has 1 aliphatic heterocycles. The van der Waals surface area contributed by atoms with E-state index in [1.807, 2.05) is 12.1 Å². The second-order valence-electron chi connectivity index (χ2n) is 6.25. The van der Waals surface area contributed by atoms with E-state index in [0.29, 0.717) is 0 Å². The molecule has 0 radical (unpaired) electrons. The van der Waals surface area contributed by atoms with Crippen LogP contribution in [0.1, 0.15) is 46.1 Å². The zero-order valence-electron chi connectivity index (χ0n) is 15.1. The molecule has 1 aromatic heterocycles. The van der Waals surface area contributed by atoms with Crippen molar-refractivity contribution in [1.82, 2.24) is 9.88 Å². The Bertz CT molecular complexity index is 937. The van der Waals surface area contributed by atoms with Gasteiger partial charge in [0.05, 0.1) is 22.3 Å². The Labute approximate surface area is 163 Å². The van der Waals surface area contributed by atoms with Gasteiger partial charge in [0.1, 0.15) is 6.61 Å². The summed E-state index contributed by atoms with van der Waals surface area (Å²) < 4.78 is 44.1. The van der Waals surface area contributed by atoms with Gasteiger partial charge in [-0.2, -0.15) is 13.2 Å². The third kappa shape index (κ3) is 4.24. The fraction of sp³-hybridized carbons (Fsp3) is 0.316. The molecule has 0 saturated heterocycles. The van der Waals surface area contributed by atoms with Crippen LogP contribution in [-0.4, -0.2) is 21.8 Å². The molecule has 1 aliphatic rings. The SMILES string of the molecule is CC(=O)N1C=Cc2ccccc2C1CC(=O)OCc1sc(C)nc1C(F)(F)F.